The maximum Gasteiger partial charge on any atom is 0.253 e. The zero-order valence-electron chi connectivity index (χ0n) is 19.0. The SMILES string of the molecule is Cc1cc(C)c(CNC(=O)c2cc(-c3ccncn3)cc3c2c(C)cn3C(C)C)c(=O)[nH]1. The molecule has 0 atom stereocenters. The van der Waals surface area contributed by atoms with Gasteiger partial charge >= 0.3 is 0 Å². The van der Waals surface area contributed by atoms with Gasteiger partial charge < -0.3 is 14.9 Å². The summed E-state index contributed by atoms with van der Waals surface area (Å²) in [7, 11) is 0. The lowest BCUT2D eigenvalue weighted by atomic mass is 10.0. The average Bonchev–Trinajstić information content (AvgIpc) is 3.09. The number of nitrogens with zero attached hydrogens (tertiary/aromatic N) is 3. The van der Waals surface area contributed by atoms with Gasteiger partial charge in [-0.2, -0.15) is 0 Å². The molecule has 7 heteroatoms. The molecule has 32 heavy (non-hydrogen) atoms. The number of fused-ring (bicyclic) bond motifs is 1. The average molecular weight is 430 g/mol. The molecule has 3 aromatic heterocycles. The lowest BCUT2D eigenvalue weighted by Gasteiger charge is -2.13. The van der Waals surface area contributed by atoms with Gasteiger partial charge in [0.15, 0.2) is 0 Å². The van der Waals surface area contributed by atoms with Gasteiger partial charge in [0.1, 0.15) is 6.33 Å². The molecular weight excluding hydrogens is 402 g/mol. The van der Waals surface area contributed by atoms with Gasteiger partial charge in [-0.05, 0) is 70.0 Å². The van der Waals surface area contributed by atoms with Gasteiger partial charge in [0, 0.05) is 58.3 Å². The summed E-state index contributed by atoms with van der Waals surface area (Å²) in [6.07, 6.45) is 5.26. The summed E-state index contributed by atoms with van der Waals surface area (Å²) in [6, 6.07) is 7.90. The van der Waals surface area contributed by atoms with Crippen LogP contribution in [-0.4, -0.2) is 25.4 Å². The topological polar surface area (TPSA) is 92.7 Å². The minimum Gasteiger partial charge on any atom is -0.348 e. The normalized spacial score (nSPS) is 11.3. The first-order chi connectivity index (χ1) is 15.3. The number of hydrogen-bond donors (Lipinski definition) is 2. The fraction of sp³-hybridized carbons (Fsp3) is 0.280. The molecule has 0 bridgehead atoms. The third kappa shape index (κ3) is 3.93. The van der Waals surface area contributed by atoms with Crippen molar-refractivity contribution in [2.75, 3.05) is 0 Å². The summed E-state index contributed by atoms with van der Waals surface area (Å²) in [6.45, 7) is 10.1. The third-order valence-electron chi connectivity index (χ3n) is 5.72. The predicted octanol–water partition coefficient (Wildman–Crippen LogP) is 4.22. The van der Waals surface area contributed by atoms with Crippen molar-refractivity contribution in [3.05, 3.63) is 81.3 Å². The molecule has 7 nitrogen and oxygen atoms in total. The fourth-order valence-corrected chi connectivity index (χ4v) is 4.17. The van der Waals surface area contributed by atoms with Crippen LogP contribution < -0.4 is 10.9 Å². The van der Waals surface area contributed by atoms with Crippen LogP contribution in [0.4, 0.5) is 0 Å². The van der Waals surface area contributed by atoms with E-state index in [4.69, 9.17) is 0 Å². The molecule has 0 saturated heterocycles. The first kappa shape index (κ1) is 21.5. The van der Waals surface area contributed by atoms with Gasteiger partial charge in [0.2, 0.25) is 0 Å². The molecule has 4 aromatic rings. The van der Waals surface area contributed by atoms with Crippen molar-refractivity contribution in [2.45, 2.75) is 47.2 Å². The second kappa shape index (κ2) is 8.42. The van der Waals surface area contributed by atoms with Crippen LogP contribution in [0.15, 0.2) is 47.8 Å². The first-order valence-corrected chi connectivity index (χ1v) is 10.7. The minimum atomic E-state index is -0.227. The molecule has 0 radical (unpaired) electrons. The Hall–Kier alpha value is -3.74. The monoisotopic (exact) mass is 429 g/mol. The van der Waals surface area contributed by atoms with Gasteiger partial charge in [-0.25, -0.2) is 9.97 Å². The molecule has 0 aliphatic carbocycles. The maximum atomic E-state index is 13.4. The highest BCUT2D eigenvalue weighted by Crippen LogP contribution is 2.32. The summed E-state index contributed by atoms with van der Waals surface area (Å²) in [5.41, 5.74) is 6.19. The molecule has 0 aliphatic rings. The van der Waals surface area contributed by atoms with Crippen molar-refractivity contribution < 1.29 is 4.79 Å². The Morgan fingerprint density at radius 1 is 1.16 bits per heavy atom. The highest BCUT2D eigenvalue weighted by molar-refractivity contribution is 6.09. The summed E-state index contributed by atoms with van der Waals surface area (Å²) >= 11 is 0. The first-order valence-electron chi connectivity index (χ1n) is 10.7. The van der Waals surface area contributed by atoms with E-state index in [0.717, 1.165) is 39.0 Å². The lowest BCUT2D eigenvalue weighted by molar-refractivity contribution is 0.0952. The van der Waals surface area contributed by atoms with Gasteiger partial charge in [-0.1, -0.05) is 0 Å². The van der Waals surface area contributed by atoms with Crippen molar-refractivity contribution in [2.24, 2.45) is 0 Å². The highest BCUT2D eigenvalue weighted by atomic mass is 16.1. The molecule has 0 fully saturated rings. The van der Waals surface area contributed by atoms with Crippen LogP contribution in [-0.2, 0) is 6.54 Å². The molecule has 1 amide bonds. The van der Waals surface area contributed by atoms with E-state index in [1.807, 2.05) is 39.0 Å². The number of benzene rings is 1. The molecule has 0 unspecified atom stereocenters. The number of nitrogens with one attached hydrogen (secondary N) is 2. The van der Waals surface area contributed by atoms with Gasteiger partial charge in [-0.15, -0.1) is 0 Å². The predicted molar refractivity (Wildman–Crippen MR) is 126 cm³/mol. The van der Waals surface area contributed by atoms with Gasteiger partial charge in [0.05, 0.1) is 5.69 Å². The Balaban J connectivity index is 1.80. The van der Waals surface area contributed by atoms with E-state index >= 15 is 0 Å². The number of hydrogen-bond acceptors (Lipinski definition) is 4. The Labute approximate surface area is 186 Å². The van der Waals surface area contributed by atoms with E-state index in [-0.39, 0.29) is 24.1 Å². The van der Waals surface area contributed by atoms with Crippen LogP contribution >= 0.6 is 0 Å². The Bertz CT molecular complexity index is 1370. The number of carbonyl (C=O) groups is 1. The Kier molecular flexibility index (Phi) is 5.65. The zero-order valence-corrected chi connectivity index (χ0v) is 19.0. The minimum absolute atomic E-state index is 0.156. The van der Waals surface area contributed by atoms with Crippen molar-refractivity contribution in [3.63, 3.8) is 0 Å². The molecule has 0 saturated carbocycles. The van der Waals surface area contributed by atoms with Crippen molar-refractivity contribution >= 4 is 16.8 Å². The molecule has 0 spiro atoms. The summed E-state index contributed by atoms with van der Waals surface area (Å²) in [5.74, 6) is -0.227. The van der Waals surface area contributed by atoms with E-state index in [0.29, 0.717) is 11.1 Å². The number of amides is 1. The van der Waals surface area contributed by atoms with Crippen LogP contribution in [0.5, 0.6) is 0 Å². The van der Waals surface area contributed by atoms with E-state index in [9.17, 15) is 9.59 Å². The number of pyridine rings is 1. The second-order valence-electron chi connectivity index (χ2n) is 8.45. The Morgan fingerprint density at radius 3 is 2.59 bits per heavy atom. The van der Waals surface area contributed by atoms with Crippen molar-refractivity contribution in [1.29, 1.82) is 0 Å². The highest BCUT2D eigenvalue weighted by Gasteiger charge is 2.19. The van der Waals surface area contributed by atoms with Gasteiger partial charge in [-0.3, -0.25) is 9.59 Å². The summed E-state index contributed by atoms with van der Waals surface area (Å²) in [4.78, 5) is 36.9. The molecule has 2 N–H and O–H groups in total. The van der Waals surface area contributed by atoms with Crippen LogP contribution in [0, 0.1) is 20.8 Å². The van der Waals surface area contributed by atoms with Crippen LogP contribution in [0.25, 0.3) is 22.2 Å². The second-order valence-corrected chi connectivity index (χ2v) is 8.45. The van der Waals surface area contributed by atoms with E-state index in [1.54, 1.807) is 6.20 Å². The zero-order chi connectivity index (χ0) is 23.0. The molecule has 1 aromatic carbocycles. The maximum absolute atomic E-state index is 13.4. The quantitative estimate of drug-likeness (QED) is 0.497. The van der Waals surface area contributed by atoms with Crippen LogP contribution in [0.1, 0.15) is 52.6 Å². The molecule has 3 heterocycles. The van der Waals surface area contributed by atoms with Gasteiger partial charge in [0.25, 0.3) is 11.5 Å². The van der Waals surface area contributed by atoms with E-state index in [2.05, 4.69) is 50.9 Å². The molecule has 4 rings (SSSR count). The largest absolute Gasteiger partial charge is 0.348 e. The van der Waals surface area contributed by atoms with Crippen LogP contribution in [0.3, 0.4) is 0 Å². The smallest absolute Gasteiger partial charge is 0.253 e. The lowest BCUT2D eigenvalue weighted by Crippen LogP contribution is -2.28. The fourth-order valence-electron chi connectivity index (χ4n) is 4.17. The molecule has 164 valence electrons. The number of aromatic amines is 1. The standard InChI is InChI=1S/C25H27N5O2/c1-14(2)30-12-16(4)23-19(9-18(10-22(23)30)21-6-7-26-13-28-21)24(31)27-11-20-15(3)8-17(5)29-25(20)32/h6-10,12-14H,11H2,1-5H3,(H,27,31)(H,29,32). The third-order valence-corrected chi connectivity index (χ3v) is 5.72. The molecule has 0 aliphatic heterocycles. The number of H-pyrrole nitrogens is 1. The summed E-state index contributed by atoms with van der Waals surface area (Å²) in [5, 5.41) is 3.86. The van der Waals surface area contributed by atoms with Crippen molar-refractivity contribution in [1.82, 2.24) is 24.8 Å². The van der Waals surface area contributed by atoms with Crippen molar-refractivity contribution in [3.8, 4) is 11.3 Å². The Morgan fingerprint density at radius 2 is 1.94 bits per heavy atom. The van der Waals surface area contributed by atoms with E-state index in [1.165, 1.54) is 6.33 Å². The summed E-state index contributed by atoms with van der Waals surface area (Å²) < 4.78 is 2.17. The van der Waals surface area contributed by atoms with Crippen LogP contribution in [0.2, 0.25) is 0 Å². The number of aromatic nitrogens is 4. The van der Waals surface area contributed by atoms with E-state index < -0.39 is 0 Å². The number of aryl methyl sites for hydroxylation is 3. The molecular formula is C25H27N5O2. The number of rotatable bonds is 5. The number of carbonyl (C=O) groups excluding carboxylic acids is 1.